The van der Waals surface area contributed by atoms with E-state index in [1.807, 2.05) is 0 Å². The number of aromatic nitrogens is 2. The van der Waals surface area contributed by atoms with Crippen molar-refractivity contribution in [2.75, 3.05) is 5.73 Å². The van der Waals surface area contributed by atoms with Crippen LogP contribution in [0.2, 0.25) is 5.02 Å². The van der Waals surface area contributed by atoms with Crippen molar-refractivity contribution >= 4 is 23.1 Å². The molecule has 1 aromatic carbocycles. The van der Waals surface area contributed by atoms with E-state index in [-0.39, 0.29) is 11.8 Å². The summed E-state index contributed by atoms with van der Waals surface area (Å²) in [5, 5.41) is 4.47. The molecular formula is C12H10ClFN4O. The molecule has 0 amide bonds. The molecule has 0 atom stereocenters. The predicted octanol–water partition coefficient (Wildman–Crippen LogP) is 2.65. The minimum atomic E-state index is -0.703. The molecule has 0 unspecified atom stereocenters. The minimum absolute atomic E-state index is 0.118. The highest BCUT2D eigenvalue weighted by Gasteiger charge is 2.04. The second-order valence-electron chi connectivity index (χ2n) is 3.66. The topological polar surface area (TPSA) is 73.4 Å². The van der Waals surface area contributed by atoms with E-state index in [1.54, 1.807) is 31.2 Å². The first-order valence-electron chi connectivity index (χ1n) is 5.32. The van der Waals surface area contributed by atoms with Gasteiger partial charge in [-0.2, -0.15) is 9.97 Å². The van der Waals surface area contributed by atoms with Gasteiger partial charge in [0.25, 0.3) is 0 Å². The Bertz CT molecular complexity index is 616. The fraction of sp³-hybridized carbons (Fsp3) is 0.0833. The number of anilines is 1. The van der Waals surface area contributed by atoms with Gasteiger partial charge < -0.3 is 10.6 Å². The number of rotatable bonds is 3. The summed E-state index contributed by atoms with van der Waals surface area (Å²) in [6.45, 7) is 1.75. The van der Waals surface area contributed by atoms with E-state index >= 15 is 0 Å². The second-order valence-corrected chi connectivity index (χ2v) is 4.10. The third-order valence-corrected chi connectivity index (χ3v) is 2.53. The van der Waals surface area contributed by atoms with Crippen LogP contribution in [0.1, 0.15) is 12.5 Å². The van der Waals surface area contributed by atoms with Crippen LogP contribution in [0.3, 0.4) is 0 Å². The zero-order valence-corrected chi connectivity index (χ0v) is 10.7. The third-order valence-electron chi connectivity index (χ3n) is 2.28. The van der Waals surface area contributed by atoms with Gasteiger partial charge in [0.1, 0.15) is 0 Å². The Hall–Kier alpha value is -2.21. The predicted molar refractivity (Wildman–Crippen MR) is 70.7 cm³/mol. The fourth-order valence-electron chi connectivity index (χ4n) is 1.26. The summed E-state index contributed by atoms with van der Waals surface area (Å²) in [6.07, 6.45) is 0.921. The number of halogens is 2. The van der Waals surface area contributed by atoms with Gasteiger partial charge in [-0.3, -0.25) is 0 Å². The molecule has 2 N–H and O–H groups in total. The van der Waals surface area contributed by atoms with Gasteiger partial charge in [0.05, 0.1) is 11.9 Å². The van der Waals surface area contributed by atoms with Crippen LogP contribution >= 0.6 is 11.6 Å². The van der Waals surface area contributed by atoms with Gasteiger partial charge in [0.15, 0.2) is 11.6 Å². The quantitative estimate of drug-likeness (QED) is 0.693. The van der Waals surface area contributed by atoms with Crippen LogP contribution in [0.15, 0.2) is 35.6 Å². The molecule has 1 aromatic heterocycles. The van der Waals surface area contributed by atoms with Crippen molar-refractivity contribution in [3.63, 3.8) is 0 Å². The molecule has 0 saturated carbocycles. The van der Waals surface area contributed by atoms with Gasteiger partial charge in [-0.15, -0.1) is 0 Å². The van der Waals surface area contributed by atoms with Crippen molar-refractivity contribution in [2.24, 2.45) is 5.16 Å². The van der Waals surface area contributed by atoms with Crippen molar-refractivity contribution in [1.29, 1.82) is 0 Å². The monoisotopic (exact) mass is 280 g/mol. The number of hydrogen-bond acceptors (Lipinski definition) is 5. The van der Waals surface area contributed by atoms with Crippen LogP contribution in [-0.2, 0) is 0 Å². The van der Waals surface area contributed by atoms with E-state index in [4.69, 9.17) is 22.2 Å². The summed E-state index contributed by atoms with van der Waals surface area (Å²) in [5.74, 6) is -0.991. The second kappa shape index (κ2) is 5.62. The van der Waals surface area contributed by atoms with Crippen LogP contribution in [0.4, 0.5) is 10.2 Å². The fourth-order valence-corrected chi connectivity index (χ4v) is 1.39. The first kappa shape index (κ1) is 13.2. The Labute approximate surface area is 113 Å². The molecule has 7 heteroatoms. The van der Waals surface area contributed by atoms with Crippen LogP contribution < -0.4 is 10.6 Å². The molecule has 0 bridgehead atoms. The smallest absolute Gasteiger partial charge is 0.347 e. The molecular weight excluding hydrogens is 271 g/mol. The molecule has 0 spiro atoms. The van der Waals surface area contributed by atoms with Gasteiger partial charge in [-0.1, -0.05) is 28.9 Å². The molecule has 0 aliphatic rings. The Balaban J connectivity index is 2.13. The average Bonchev–Trinajstić information content (AvgIpc) is 2.40. The standard InChI is InChI=1S/C12H10ClFN4O/c1-7(8-2-4-9(13)5-3-8)18-19-12-16-6-10(14)11(15)17-12/h2-6H,1H3,(H2,15,16,17)/b18-7+. The average molecular weight is 281 g/mol. The number of hydrogen-bond donors (Lipinski definition) is 1. The SMILES string of the molecule is C/C(=N\Oc1ncc(F)c(N)n1)c1ccc(Cl)cc1. The molecule has 98 valence electrons. The van der Waals surface area contributed by atoms with Gasteiger partial charge in [-0.05, 0) is 24.6 Å². The highest BCUT2D eigenvalue weighted by atomic mass is 35.5. The van der Waals surface area contributed by atoms with E-state index < -0.39 is 5.82 Å². The van der Waals surface area contributed by atoms with E-state index in [0.29, 0.717) is 10.7 Å². The van der Waals surface area contributed by atoms with Crippen molar-refractivity contribution in [3.8, 4) is 6.01 Å². The van der Waals surface area contributed by atoms with Crippen LogP contribution in [-0.4, -0.2) is 15.7 Å². The molecule has 0 aliphatic heterocycles. The number of nitrogen functional groups attached to an aromatic ring is 1. The molecule has 0 aliphatic carbocycles. The number of oxime groups is 1. The zero-order valence-electron chi connectivity index (χ0n) is 9.97. The number of benzene rings is 1. The van der Waals surface area contributed by atoms with Crippen LogP contribution in [0.5, 0.6) is 6.01 Å². The lowest BCUT2D eigenvalue weighted by Crippen LogP contribution is -2.02. The maximum Gasteiger partial charge on any atom is 0.347 e. The number of nitrogens with zero attached hydrogens (tertiary/aromatic N) is 3. The van der Waals surface area contributed by atoms with Crippen molar-refractivity contribution in [1.82, 2.24) is 9.97 Å². The highest BCUT2D eigenvalue weighted by Crippen LogP contribution is 2.12. The first-order valence-corrected chi connectivity index (χ1v) is 5.69. The molecule has 0 radical (unpaired) electrons. The zero-order chi connectivity index (χ0) is 13.8. The van der Waals surface area contributed by atoms with Crippen LogP contribution in [0, 0.1) is 5.82 Å². The van der Waals surface area contributed by atoms with E-state index in [9.17, 15) is 4.39 Å². The Morgan fingerprint density at radius 2 is 2.05 bits per heavy atom. The normalized spacial score (nSPS) is 11.4. The lowest BCUT2D eigenvalue weighted by atomic mass is 10.1. The summed E-state index contributed by atoms with van der Waals surface area (Å²) in [4.78, 5) is 12.2. The molecule has 1 heterocycles. The maximum absolute atomic E-state index is 12.8. The molecule has 0 saturated heterocycles. The minimum Gasteiger partial charge on any atom is -0.381 e. The first-order chi connectivity index (χ1) is 9.06. The third kappa shape index (κ3) is 3.38. The highest BCUT2D eigenvalue weighted by molar-refractivity contribution is 6.30. The summed E-state index contributed by atoms with van der Waals surface area (Å²) in [6, 6.07) is 6.95. The Morgan fingerprint density at radius 1 is 1.37 bits per heavy atom. The van der Waals surface area contributed by atoms with Gasteiger partial charge in [0.2, 0.25) is 0 Å². The van der Waals surface area contributed by atoms with Crippen molar-refractivity contribution < 1.29 is 9.23 Å². The van der Waals surface area contributed by atoms with Gasteiger partial charge >= 0.3 is 6.01 Å². The van der Waals surface area contributed by atoms with Crippen molar-refractivity contribution in [2.45, 2.75) is 6.92 Å². The Kier molecular flexibility index (Phi) is 3.91. The summed E-state index contributed by atoms with van der Waals surface area (Å²) in [7, 11) is 0. The molecule has 5 nitrogen and oxygen atoms in total. The largest absolute Gasteiger partial charge is 0.381 e. The summed E-state index contributed by atoms with van der Waals surface area (Å²) >= 11 is 5.78. The number of nitrogens with two attached hydrogens (primary N) is 1. The Morgan fingerprint density at radius 3 is 2.68 bits per heavy atom. The van der Waals surface area contributed by atoms with Gasteiger partial charge in [0, 0.05) is 5.02 Å². The lowest BCUT2D eigenvalue weighted by Gasteiger charge is -2.01. The summed E-state index contributed by atoms with van der Waals surface area (Å²) in [5.41, 5.74) is 6.72. The molecule has 0 fully saturated rings. The lowest BCUT2D eigenvalue weighted by molar-refractivity contribution is 0.311. The van der Waals surface area contributed by atoms with E-state index in [2.05, 4.69) is 15.1 Å². The van der Waals surface area contributed by atoms with E-state index in [0.717, 1.165) is 11.8 Å². The molecule has 19 heavy (non-hydrogen) atoms. The van der Waals surface area contributed by atoms with Crippen LogP contribution in [0.25, 0.3) is 0 Å². The molecule has 2 aromatic rings. The van der Waals surface area contributed by atoms with Gasteiger partial charge in [-0.25, -0.2) is 4.39 Å². The van der Waals surface area contributed by atoms with E-state index in [1.165, 1.54) is 0 Å². The maximum atomic E-state index is 12.8. The summed E-state index contributed by atoms with van der Waals surface area (Å²) < 4.78 is 12.8. The molecule has 2 rings (SSSR count). The van der Waals surface area contributed by atoms with Crippen molar-refractivity contribution in [3.05, 3.63) is 46.9 Å².